The van der Waals surface area contributed by atoms with Gasteiger partial charge in [0.15, 0.2) is 9.84 Å². The van der Waals surface area contributed by atoms with E-state index in [0.29, 0.717) is 17.0 Å². The molecule has 2 unspecified atom stereocenters. The van der Waals surface area contributed by atoms with Crippen LogP contribution < -0.4 is 5.32 Å². The van der Waals surface area contributed by atoms with Crippen LogP contribution in [0.1, 0.15) is 31.9 Å². The number of nitrogens with one attached hydrogen (secondary N) is 1. The van der Waals surface area contributed by atoms with Crippen LogP contribution in [0.15, 0.2) is 29.2 Å². The molecule has 2 atom stereocenters. The van der Waals surface area contributed by atoms with Gasteiger partial charge in [0.25, 0.3) is 0 Å². The van der Waals surface area contributed by atoms with Crippen LogP contribution in [0.2, 0.25) is 0 Å². The lowest BCUT2D eigenvalue weighted by molar-refractivity contribution is 0.162. The molecule has 0 saturated carbocycles. The van der Waals surface area contributed by atoms with Crippen molar-refractivity contribution in [3.05, 3.63) is 29.8 Å². The summed E-state index contributed by atoms with van der Waals surface area (Å²) < 4.78 is 23.0. The van der Waals surface area contributed by atoms with Gasteiger partial charge in [-0.3, -0.25) is 4.90 Å². The van der Waals surface area contributed by atoms with Crippen molar-refractivity contribution in [2.24, 2.45) is 0 Å². The van der Waals surface area contributed by atoms with E-state index in [1.165, 1.54) is 18.2 Å². The van der Waals surface area contributed by atoms with E-state index in [0.717, 1.165) is 19.6 Å². The zero-order chi connectivity index (χ0) is 14.8. The first-order valence-electron chi connectivity index (χ1n) is 7.20. The standard InChI is InChI=1S/C15H24N2O2S/c1-4-17(14-9-10-16-11-14)12(2)13-5-7-15(8-6-13)20(3,18)19/h5-8,12,14,16H,4,9-11H2,1-3H3. The Kier molecular flexibility index (Phi) is 4.83. The third-order valence-corrected chi connectivity index (χ3v) is 5.29. The van der Waals surface area contributed by atoms with Gasteiger partial charge in [0, 0.05) is 24.9 Å². The Balaban J connectivity index is 2.17. The molecule has 1 N–H and O–H groups in total. The second-order valence-corrected chi connectivity index (χ2v) is 7.51. The van der Waals surface area contributed by atoms with Gasteiger partial charge in [-0.2, -0.15) is 0 Å². The number of nitrogens with zero attached hydrogens (tertiary/aromatic N) is 1. The number of hydrogen-bond donors (Lipinski definition) is 1. The van der Waals surface area contributed by atoms with Crippen LogP contribution in [0.4, 0.5) is 0 Å². The zero-order valence-electron chi connectivity index (χ0n) is 12.5. The fourth-order valence-corrected chi connectivity index (χ4v) is 3.59. The molecular formula is C15H24N2O2S. The molecule has 1 heterocycles. The summed E-state index contributed by atoms with van der Waals surface area (Å²) in [4.78, 5) is 2.87. The largest absolute Gasteiger partial charge is 0.315 e. The first-order chi connectivity index (χ1) is 9.43. The van der Waals surface area contributed by atoms with Gasteiger partial charge in [0.1, 0.15) is 0 Å². The normalized spacial score (nSPS) is 21.3. The minimum atomic E-state index is -3.11. The van der Waals surface area contributed by atoms with Crippen molar-refractivity contribution in [2.45, 2.75) is 37.2 Å². The Morgan fingerprint density at radius 1 is 1.35 bits per heavy atom. The van der Waals surface area contributed by atoms with Gasteiger partial charge in [-0.15, -0.1) is 0 Å². The van der Waals surface area contributed by atoms with Crippen LogP contribution in [-0.2, 0) is 9.84 Å². The quantitative estimate of drug-likeness (QED) is 0.901. The molecule has 20 heavy (non-hydrogen) atoms. The highest BCUT2D eigenvalue weighted by atomic mass is 32.2. The lowest BCUT2D eigenvalue weighted by atomic mass is 10.0. The van der Waals surface area contributed by atoms with Gasteiger partial charge >= 0.3 is 0 Å². The second kappa shape index (κ2) is 6.24. The first kappa shape index (κ1) is 15.5. The van der Waals surface area contributed by atoms with Gasteiger partial charge in [0.05, 0.1) is 4.90 Å². The molecule has 1 aromatic carbocycles. The number of benzene rings is 1. The number of hydrogen-bond acceptors (Lipinski definition) is 4. The fraction of sp³-hybridized carbons (Fsp3) is 0.600. The van der Waals surface area contributed by atoms with Crippen molar-refractivity contribution in [1.82, 2.24) is 10.2 Å². The fourth-order valence-electron chi connectivity index (χ4n) is 2.96. The lowest BCUT2D eigenvalue weighted by Crippen LogP contribution is -2.38. The van der Waals surface area contributed by atoms with Crippen molar-refractivity contribution in [1.29, 1.82) is 0 Å². The molecule has 1 fully saturated rings. The highest BCUT2D eigenvalue weighted by molar-refractivity contribution is 7.90. The summed E-state index contributed by atoms with van der Waals surface area (Å²) in [6.07, 6.45) is 2.42. The van der Waals surface area contributed by atoms with Crippen LogP contribution >= 0.6 is 0 Å². The van der Waals surface area contributed by atoms with Crippen LogP contribution in [0.25, 0.3) is 0 Å². The van der Waals surface area contributed by atoms with Gasteiger partial charge in [0.2, 0.25) is 0 Å². The summed E-state index contributed by atoms with van der Waals surface area (Å²) in [6, 6.07) is 8.17. The van der Waals surface area contributed by atoms with Gasteiger partial charge < -0.3 is 5.32 Å². The van der Waals surface area contributed by atoms with Crippen LogP contribution in [0.5, 0.6) is 0 Å². The number of likely N-dealkylation sites (N-methyl/N-ethyl adjacent to an activating group) is 1. The third kappa shape index (κ3) is 3.40. The maximum Gasteiger partial charge on any atom is 0.175 e. The average Bonchev–Trinajstić information content (AvgIpc) is 2.92. The van der Waals surface area contributed by atoms with Crippen molar-refractivity contribution < 1.29 is 8.42 Å². The van der Waals surface area contributed by atoms with Crippen LogP contribution in [0, 0.1) is 0 Å². The summed E-state index contributed by atoms with van der Waals surface area (Å²) in [7, 11) is -3.11. The van der Waals surface area contributed by atoms with E-state index in [4.69, 9.17) is 0 Å². The summed E-state index contributed by atoms with van der Waals surface area (Å²) in [5.41, 5.74) is 1.17. The maximum atomic E-state index is 11.5. The highest BCUT2D eigenvalue weighted by Crippen LogP contribution is 2.25. The van der Waals surface area contributed by atoms with Gasteiger partial charge in [-0.25, -0.2) is 8.42 Å². The summed E-state index contributed by atoms with van der Waals surface area (Å²) >= 11 is 0. The Labute approximate surface area is 122 Å². The summed E-state index contributed by atoms with van der Waals surface area (Å²) in [6.45, 7) is 7.50. The average molecular weight is 296 g/mol. The van der Waals surface area contributed by atoms with Crippen molar-refractivity contribution in [3.8, 4) is 0 Å². The van der Waals surface area contributed by atoms with E-state index in [-0.39, 0.29) is 0 Å². The molecule has 0 radical (unpaired) electrons. The van der Waals surface area contributed by atoms with E-state index in [2.05, 4.69) is 24.1 Å². The van der Waals surface area contributed by atoms with Crippen LogP contribution in [0.3, 0.4) is 0 Å². The minimum Gasteiger partial charge on any atom is -0.315 e. The molecule has 1 aromatic rings. The SMILES string of the molecule is CCN(C1CCNC1)C(C)c1ccc(S(C)(=O)=O)cc1. The monoisotopic (exact) mass is 296 g/mol. The zero-order valence-corrected chi connectivity index (χ0v) is 13.3. The second-order valence-electron chi connectivity index (χ2n) is 5.49. The van der Waals surface area contributed by atoms with Crippen molar-refractivity contribution in [3.63, 3.8) is 0 Å². The van der Waals surface area contributed by atoms with Crippen molar-refractivity contribution >= 4 is 9.84 Å². The van der Waals surface area contributed by atoms with E-state index >= 15 is 0 Å². The third-order valence-electron chi connectivity index (χ3n) is 4.16. The molecule has 4 nitrogen and oxygen atoms in total. The number of rotatable bonds is 5. The Hall–Kier alpha value is -0.910. The molecule has 1 aliphatic heterocycles. The van der Waals surface area contributed by atoms with Gasteiger partial charge in [-0.05, 0) is 44.1 Å². The van der Waals surface area contributed by atoms with E-state index in [9.17, 15) is 8.42 Å². The van der Waals surface area contributed by atoms with E-state index in [1.54, 1.807) is 12.1 Å². The highest BCUT2D eigenvalue weighted by Gasteiger charge is 2.25. The molecule has 1 aliphatic rings. The molecule has 5 heteroatoms. The summed E-state index contributed by atoms with van der Waals surface area (Å²) in [5.74, 6) is 0. The molecule has 0 aromatic heterocycles. The van der Waals surface area contributed by atoms with Gasteiger partial charge in [-0.1, -0.05) is 19.1 Å². The molecule has 0 spiro atoms. The van der Waals surface area contributed by atoms with Crippen LogP contribution in [-0.4, -0.2) is 45.2 Å². The minimum absolute atomic E-state index is 0.304. The molecule has 0 bridgehead atoms. The van der Waals surface area contributed by atoms with E-state index < -0.39 is 9.84 Å². The summed E-state index contributed by atoms with van der Waals surface area (Å²) in [5, 5.41) is 3.40. The maximum absolute atomic E-state index is 11.5. The molecule has 0 amide bonds. The van der Waals surface area contributed by atoms with E-state index in [1.807, 2.05) is 12.1 Å². The molecule has 1 saturated heterocycles. The molecular weight excluding hydrogens is 272 g/mol. The van der Waals surface area contributed by atoms with Crippen molar-refractivity contribution in [2.75, 3.05) is 25.9 Å². The predicted octanol–water partition coefficient (Wildman–Crippen LogP) is 1.83. The first-order valence-corrected chi connectivity index (χ1v) is 9.09. The number of sulfone groups is 1. The topological polar surface area (TPSA) is 49.4 Å². The Bertz CT molecular complexity index is 533. The molecule has 112 valence electrons. The Morgan fingerprint density at radius 2 is 2.00 bits per heavy atom. The Morgan fingerprint density at radius 3 is 2.45 bits per heavy atom. The molecule has 2 rings (SSSR count). The molecule has 0 aliphatic carbocycles. The lowest BCUT2D eigenvalue weighted by Gasteiger charge is -2.33. The smallest absolute Gasteiger partial charge is 0.175 e. The predicted molar refractivity (Wildman–Crippen MR) is 81.6 cm³/mol.